The highest BCUT2D eigenvalue weighted by atomic mass is 32.2. The van der Waals surface area contributed by atoms with Gasteiger partial charge in [-0.2, -0.15) is 13.2 Å². The second-order valence-electron chi connectivity index (χ2n) is 10.7. The minimum absolute atomic E-state index is 0.0174. The van der Waals surface area contributed by atoms with Gasteiger partial charge in [-0.1, -0.05) is 6.92 Å². The van der Waals surface area contributed by atoms with E-state index >= 15 is 0 Å². The number of alkyl halides is 3. The Morgan fingerprint density at radius 1 is 1.16 bits per heavy atom. The molecule has 0 aromatic carbocycles. The number of rotatable bonds is 5. The van der Waals surface area contributed by atoms with Crippen molar-refractivity contribution in [2.45, 2.75) is 75.4 Å². The fraction of sp³-hybridized carbons (Fsp3) is 0.560. The van der Waals surface area contributed by atoms with Gasteiger partial charge in [-0.25, -0.2) is 18.1 Å². The number of amides is 1. The Hall–Kier alpha value is -2.89. The van der Waals surface area contributed by atoms with Crippen molar-refractivity contribution in [1.82, 2.24) is 14.7 Å². The number of pyridine rings is 2. The van der Waals surface area contributed by atoms with Crippen LogP contribution in [-0.2, 0) is 10.0 Å². The highest BCUT2D eigenvalue weighted by Gasteiger charge is 2.43. The molecular weight excluding hydrogens is 509 g/mol. The lowest BCUT2D eigenvalue weighted by atomic mass is 9.80. The standard InChI is InChI=1S/C25H31F3N4O4S/c1-15-13-24(2,3)32(14-15)21-18(22(33)31-37(35,36)20-5-4-12-29-23(20)34)10-11-19(30-21)16-6-8-17(9-7-16)25(26,27)28/h4-5,10-12,15-17H,6-9,13-14H2,1-3H3,(H,29,34)(H,31,33)/t15-,16?,17?/m0/s1. The van der Waals surface area contributed by atoms with Gasteiger partial charge in [0.25, 0.3) is 21.5 Å². The maximum Gasteiger partial charge on any atom is 0.391 e. The van der Waals surface area contributed by atoms with Crippen molar-refractivity contribution in [1.29, 1.82) is 0 Å². The average Bonchev–Trinajstić information content (AvgIpc) is 3.09. The quantitative estimate of drug-likeness (QED) is 0.583. The van der Waals surface area contributed by atoms with E-state index in [9.17, 15) is 31.2 Å². The smallest absolute Gasteiger partial charge is 0.351 e. The molecule has 1 atom stereocenters. The number of carbonyl (C=O) groups excluding carboxylic acids is 1. The normalized spacial score (nSPS) is 24.2. The number of aromatic amines is 1. The molecule has 37 heavy (non-hydrogen) atoms. The molecule has 0 radical (unpaired) electrons. The first-order chi connectivity index (χ1) is 17.2. The zero-order valence-electron chi connectivity index (χ0n) is 20.9. The van der Waals surface area contributed by atoms with Crippen molar-refractivity contribution in [3.8, 4) is 0 Å². The molecule has 1 aliphatic heterocycles. The Labute approximate surface area is 213 Å². The Morgan fingerprint density at radius 2 is 1.84 bits per heavy atom. The number of aromatic nitrogens is 2. The van der Waals surface area contributed by atoms with E-state index < -0.39 is 38.5 Å². The van der Waals surface area contributed by atoms with Crippen molar-refractivity contribution in [2.24, 2.45) is 11.8 Å². The Morgan fingerprint density at radius 3 is 2.41 bits per heavy atom. The van der Waals surface area contributed by atoms with Crippen LogP contribution in [0.5, 0.6) is 0 Å². The summed E-state index contributed by atoms with van der Waals surface area (Å²) < 4.78 is 67.0. The largest absolute Gasteiger partial charge is 0.391 e. The average molecular weight is 541 g/mol. The highest BCUT2D eigenvalue weighted by Crippen LogP contribution is 2.44. The van der Waals surface area contributed by atoms with E-state index in [1.54, 1.807) is 6.07 Å². The molecule has 0 spiro atoms. The summed E-state index contributed by atoms with van der Waals surface area (Å²) in [7, 11) is -4.46. The summed E-state index contributed by atoms with van der Waals surface area (Å²) in [4.78, 5) is 33.7. The lowest BCUT2D eigenvalue weighted by Crippen LogP contribution is -2.41. The molecule has 2 fully saturated rings. The lowest BCUT2D eigenvalue weighted by Gasteiger charge is -2.35. The van der Waals surface area contributed by atoms with Crippen LogP contribution >= 0.6 is 0 Å². The van der Waals surface area contributed by atoms with Crippen LogP contribution in [0.25, 0.3) is 0 Å². The number of sulfonamides is 1. The molecule has 4 rings (SSSR count). The third kappa shape index (κ3) is 5.68. The summed E-state index contributed by atoms with van der Waals surface area (Å²) in [5.74, 6) is -1.87. The molecule has 1 saturated carbocycles. The molecular formula is C25H31F3N4O4S. The molecule has 0 unspecified atom stereocenters. The molecule has 2 aromatic heterocycles. The monoisotopic (exact) mass is 540 g/mol. The Kier molecular flexibility index (Phi) is 7.17. The molecule has 2 aromatic rings. The van der Waals surface area contributed by atoms with Gasteiger partial charge in [0.05, 0.1) is 11.5 Å². The van der Waals surface area contributed by atoms with Crippen LogP contribution in [0.3, 0.4) is 0 Å². The Balaban J connectivity index is 1.68. The predicted octanol–water partition coefficient (Wildman–Crippen LogP) is 4.35. The lowest BCUT2D eigenvalue weighted by molar-refractivity contribution is -0.182. The van der Waals surface area contributed by atoms with Gasteiger partial charge in [0.15, 0.2) is 4.90 Å². The van der Waals surface area contributed by atoms with Crippen molar-refractivity contribution in [3.63, 3.8) is 0 Å². The summed E-state index contributed by atoms with van der Waals surface area (Å²) in [5, 5.41) is 0. The molecule has 1 amide bonds. The van der Waals surface area contributed by atoms with Crippen molar-refractivity contribution in [3.05, 3.63) is 52.1 Å². The molecule has 2 aliphatic rings. The summed E-state index contributed by atoms with van der Waals surface area (Å²) in [6, 6.07) is 5.50. The minimum atomic E-state index is -4.46. The molecule has 1 saturated heterocycles. The van der Waals surface area contributed by atoms with Gasteiger partial charge in [-0.3, -0.25) is 9.59 Å². The molecule has 12 heteroatoms. The topological polar surface area (TPSA) is 112 Å². The molecule has 1 aliphatic carbocycles. The predicted molar refractivity (Wildman–Crippen MR) is 132 cm³/mol. The van der Waals surface area contributed by atoms with Gasteiger partial charge < -0.3 is 9.88 Å². The fourth-order valence-electron chi connectivity index (χ4n) is 5.60. The number of halogens is 3. The second kappa shape index (κ2) is 9.77. The van der Waals surface area contributed by atoms with Crippen molar-refractivity contribution >= 4 is 21.7 Å². The maximum absolute atomic E-state index is 13.3. The van der Waals surface area contributed by atoms with Crippen LogP contribution in [0.2, 0.25) is 0 Å². The number of nitrogens with zero attached hydrogens (tertiary/aromatic N) is 2. The molecule has 0 bridgehead atoms. The number of anilines is 1. The van der Waals surface area contributed by atoms with E-state index in [2.05, 4.69) is 11.9 Å². The van der Waals surface area contributed by atoms with Crippen LogP contribution in [0.1, 0.15) is 74.8 Å². The van der Waals surface area contributed by atoms with E-state index in [4.69, 9.17) is 4.98 Å². The summed E-state index contributed by atoms with van der Waals surface area (Å²) >= 11 is 0. The van der Waals surface area contributed by atoms with E-state index in [1.807, 2.05) is 23.5 Å². The molecule has 202 valence electrons. The molecule has 8 nitrogen and oxygen atoms in total. The molecule has 2 N–H and O–H groups in total. The van der Waals surface area contributed by atoms with E-state index in [1.165, 1.54) is 18.3 Å². The van der Waals surface area contributed by atoms with Crippen molar-refractivity contribution < 1.29 is 26.4 Å². The number of H-pyrrole nitrogens is 1. The SMILES string of the molecule is C[C@@H]1CN(c2nc(C3CCC(C(F)(F)F)CC3)ccc2C(=O)NS(=O)(=O)c2ccc[nH]c2=O)C(C)(C)C1. The maximum atomic E-state index is 13.3. The third-order valence-corrected chi connectivity index (χ3v) is 8.73. The number of carbonyl (C=O) groups is 1. The number of nitrogens with one attached hydrogen (secondary N) is 2. The first-order valence-corrected chi connectivity index (χ1v) is 13.8. The summed E-state index contributed by atoms with van der Waals surface area (Å²) in [5.41, 5.74) is -0.639. The van der Waals surface area contributed by atoms with Gasteiger partial charge in [-0.15, -0.1) is 0 Å². The van der Waals surface area contributed by atoms with E-state index in [-0.39, 0.29) is 35.8 Å². The zero-order valence-corrected chi connectivity index (χ0v) is 21.7. The van der Waals surface area contributed by atoms with Gasteiger partial charge >= 0.3 is 6.18 Å². The van der Waals surface area contributed by atoms with Gasteiger partial charge in [0, 0.05) is 29.9 Å². The van der Waals surface area contributed by atoms with Gasteiger partial charge in [0.1, 0.15) is 5.82 Å². The zero-order chi connectivity index (χ0) is 27.2. The summed E-state index contributed by atoms with van der Waals surface area (Å²) in [6.45, 7) is 6.65. The van der Waals surface area contributed by atoms with E-state index in [0.717, 1.165) is 12.5 Å². The second-order valence-corrected chi connectivity index (χ2v) is 12.4. The summed E-state index contributed by atoms with van der Waals surface area (Å²) in [6.07, 6.45) is -1.43. The van der Waals surface area contributed by atoms with Crippen LogP contribution in [0.4, 0.5) is 19.0 Å². The Bertz CT molecular complexity index is 1330. The first kappa shape index (κ1) is 27.2. The number of hydrogen-bond acceptors (Lipinski definition) is 6. The minimum Gasteiger partial charge on any atom is -0.351 e. The van der Waals surface area contributed by atoms with Gasteiger partial charge in [-0.05, 0) is 76.1 Å². The van der Waals surface area contributed by atoms with Crippen LogP contribution in [0, 0.1) is 11.8 Å². The molecule has 3 heterocycles. The van der Waals surface area contributed by atoms with Crippen molar-refractivity contribution in [2.75, 3.05) is 11.4 Å². The van der Waals surface area contributed by atoms with Crippen LogP contribution in [-0.4, -0.2) is 42.6 Å². The first-order valence-electron chi connectivity index (χ1n) is 12.3. The van der Waals surface area contributed by atoms with Crippen LogP contribution in [0.15, 0.2) is 40.2 Å². The highest BCUT2D eigenvalue weighted by molar-refractivity contribution is 7.90. The van der Waals surface area contributed by atoms with Crippen LogP contribution < -0.4 is 15.2 Å². The number of hydrogen-bond donors (Lipinski definition) is 2. The van der Waals surface area contributed by atoms with E-state index in [0.29, 0.717) is 30.9 Å². The van der Waals surface area contributed by atoms with Gasteiger partial charge in [0.2, 0.25) is 0 Å². The third-order valence-electron chi connectivity index (χ3n) is 7.38. The fourth-order valence-corrected chi connectivity index (χ4v) is 6.62.